The fraction of sp³-hybridized carbons (Fsp3) is 0.500. The Morgan fingerprint density at radius 1 is 1.00 bits per heavy atom. The van der Waals surface area contributed by atoms with Crippen molar-refractivity contribution in [2.75, 3.05) is 33.3 Å². The van der Waals surface area contributed by atoms with Crippen molar-refractivity contribution >= 4 is 23.9 Å². The number of nitrogens with zero attached hydrogens (tertiary/aromatic N) is 1. The van der Waals surface area contributed by atoms with Crippen LogP contribution in [0.25, 0.3) is 0 Å². The standard InChI is InChI=1S/C20H29N3O6/c1-3-4-8-11-23(14-17(24)21-13-19(26)28-2)18(25)12-22-20(27)29-15-16-9-6-5-7-10-16/h5-7,9-10H,3-4,8,11-15H2,1-2H3,(H,21,24)(H,22,27). The first kappa shape index (κ1) is 23.9. The van der Waals surface area contributed by atoms with Gasteiger partial charge in [-0.3, -0.25) is 14.4 Å². The van der Waals surface area contributed by atoms with Gasteiger partial charge < -0.3 is 25.0 Å². The second-order valence-corrected chi connectivity index (χ2v) is 6.29. The van der Waals surface area contributed by atoms with Crippen LogP contribution in [-0.4, -0.2) is 62.1 Å². The van der Waals surface area contributed by atoms with Gasteiger partial charge in [0.2, 0.25) is 11.8 Å². The van der Waals surface area contributed by atoms with Gasteiger partial charge >= 0.3 is 12.1 Å². The maximum absolute atomic E-state index is 12.4. The van der Waals surface area contributed by atoms with Crippen LogP contribution in [-0.2, 0) is 30.5 Å². The molecule has 0 unspecified atom stereocenters. The topological polar surface area (TPSA) is 114 Å². The molecule has 0 aliphatic rings. The van der Waals surface area contributed by atoms with Crippen LogP contribution < -0.4 is 10.6 Å². The SMILES string of the molecule is CCCCCN(CC(=O)NCC(=O)OC)C(=O)CNC(=O)OCc1ccccc1. The highest BCUT2D eigenvalue weighted by atomic mass is 16.5. The quantitative estimate of drug-likeness (QED) is 0.398. The molecule has 0 heterocycles. The van der Waals surface area contributed by atoms with Crippen LogP contribution in [0.2, 0.25) is 0 Å². The van der Waals surface area contributed by atoms with Crippen molar-refractivity contribution in [1.29, 1.82) is 0 Å². The third kappa shape index (κ3) is 10.7. The summed E-state index contributed by atoms with van der Waals surface area (Å²) in [7, 11) is 1.22. The maximum Gasteiger partial charge on any atom is 0.407 e. The number of carbonyl (C=O) groups excluding carboxylic acids is 4. The Labute approximate surface area is 170 Å². The number of rotatable bonds is 12. The van der Waals surface area contributed by atoms with Crippen LogP contribution in [0.1, 0.15) is 31.7 Å². The summed E-state index contributed by atoms with van der Waals surface area (Å²) in [6.45, 7) is 1.73. The van der Waals surface area contributed by atoms with Crippen molar-refractivity contribution in [2.45, 2.75) is 32.8 Å². The molecule has 0 radical (unpaired) electrons. The average Bonchev–Trinajstić information content (AvgIpc) is 2.74. The van der Waals surface area contributed by atoms with Gasteiger partial charge in [0.25, 0.3) is 0 Å². The number of hydrogen-bond acceptors (Lipinski definition) is 6. The van der Waals surface area contributed by atoms with Crippen LogP contribution in [0.15, 0.2) is 30.3 Å². The zero-order valence-electron chi connectivity index (χ0n) is 16.9. The Balaban J connectivity index is 2.46. The number of unbranched alkanes of at least 4 members (excludes halogenated alkanes) is 2. The summed E-state index contributed by atoms with van der Waals surface area (Å²) in [5, 5.41) is 4.79. The highest BCUT2D eigenvalue weighted by molar-refractivity contribution is 5.88. The smallest absolute Gasteiger partial charge is 0.407 e. The number of benzene rings is 1. The summed E-state index contributed by atoms with van der Waals surface area (Å²) >= 11 is 0. The molecule has 0 saturated heterocycles. The lowest BCUT2D eigenvalue weighted by Gasteiger charge is -2.22. The van der Waals surface area contributed by atoms with Gasteiger partial charge in [0.1, 0.15) is 19.7 Å². The molecule has 0 spiro atoms. The second-order valence-electron chi connectivity index (χ2n) is 6.29. The minimum atomic E-state index is -0.717. The van der Waals surface area contributed by atoms with Gasteiger partial charge in [-0.1, -0.05) is 50.1 Å². The minimum Gasteiger partial charge on any atom is -0.468 e. The maximum atomic E-state index is 12.4. The molecule has 0 aromatic heterocycles. The minimum absolute atomic E-state index is 0.0943. The third-order valence-corrected chi connectivity index (χ3v) is 3.97. The van der Waals surface area contributed by atoms with E-state index in [1.807, 2.05) is 37.3 Å². The van der Waals surface area contributed by atoms with E-state index >= 15 is 0 Å². The molecule has 0 fully saturated rings. The zero-order valence-corrected chi connectivity index (χ0v) is 16.9. The van der Waals surface area contributed by atoms with Crippen molar-refractivity contribution in [1.82, 2.24) is 15.5 Å². The molecule has 0 bridgehead atoms. The van der Waals surface area contributed by atoms with E-state index in [1.54, 1.807) is 0 Å². The van der Waals surface area contributed by atoms with Gasteiger partial charge in [0, 0.05) is 6.54 Å². The van der Waals surface area contributed by atoms with Crippen LogP contribution in [0, 0.1) is 0 Å². The van der Waals surface area contributed by atoms with E-state index < -0.39 is 23.9 Å². The molecule has 1 rings (SSSR count). The molecule has 9 nitrogen and oxygen atoms in total. The van der Waals surface area contributed by atoms with E-state index in [2.05, 4.69) is 15.4 Å². The van der Waals surface area contributed by atoms with E-state index in [0.29, 0.717) is 6.54 Å². The van der Waals surface area contributed by atoms with E-state index in [-0.39, 0.29) is 26.2 Å². The van der Waals surface area contributed by atoms with Gasteiger partial charge in [-0.2, -0.15) is 0 Å². The summed E-state index contributed by atoms with van der Waals surface area (Å²) in [6.07, 6.45) is 1.87. The first-order valence-electron chi connectivity index (χ1n) is 9.52. The van der Waals surface area contributed by atoms with E-state index in [0.717, 1.165) is 24.8 Å². The molecule has 0 saturated carbocycles. The van der Waals surface area contributed by atoms with E-state index in [9.17, 15) is 19.2 Å². The lowest BCUT2D eigenvalue weighted by molar-refractivity contribution is -0.141. The third-order valence-electron chi connectivity index (χ3n) is 3.97. The number of carbonyl (C=O) groups is 4. The zero-order chi connectivity index (χ0) is 21.5. The lowest BCUT2D eigenvalue weighted by Crippen LogP contribution is -2.46. The predicted octanol–water partition coefficient (Wildman–Crippen LogP) is 1.22. The van der Waals surface area contributed by atoms with Gasteiger partial charge in [-0.15, -0.1) is 0 Å². The van der Waals surface area contributed by atoms with E-state index in [1.165, 1.54) is 12.0 Å². The Morgan fingerprint density at radius 3 is 2.38 bits per heavy atom. The normalized spacial score (nSPS) is 10.0. The summed E-state index contributed by atoms with van der Waals surface area (Å²) < 4.78 is 9.52. The van der Waals surface area contributed by atoms with Crippen molar-refractivity contribution in [3.05, 3.63) is 35.9 Å². The van der Waals surface area contributed by atoms with Crippen molar-refractivity contribution < 1.29 is 28.7 Å². The molecule has 29 heavy (non-hydrogen) atoms. The number of hydrogen-bond donors (Lipinski definition) is 2. The first-order chi connectivity index (χ1) is 14.0. The van der Waals surface area contributed by atoms with Gasteiger partial charge in [-0.25, -0.2) is 4.79 Å². The number of ether oxygens (including phenoxy) is 2. The Hall–Kier alpha value is -3.10. The van der Waals surface area contributed by atoms with E-state index in [4.69, 9.17) is 4.74 Å². The Morgan fingerprint density at radius 2 is 1.72 bits per heavy atom. The van der Waals surface area contributed by atoms with Crippen LogP contribution in [0.5, 0.6) is 0 Å². The van der Waals surface area contributed by atoms with Gasteiger partial charge in [-0.05, 0) is 12.0 Å². The first-order valence-corrected chi connectivity index (χ1v) is 9.52. The van der Waals surface area contributed by atoms with Gasteiger partial charge in [0.15, 0.2) is 0 Å². The fourth-order valence-electron chi connectivity index (χ4n) is 2.35. The number of methoxy groups -OCH3 is 1. The molecule has 2 N–H and O–H groups in total. The Kier molecular flexibility index (Phi) is 11.5. The highest BCUT2D eigenvalue weighted by Gasteiger charge is 2.18. The van der Waals surface area contributed by atoms with Crippen LogP contribution in [0.3, 0.4) is 0 Å². The summed E-state index contributed by atoms with van der Waals surface area (Å²) in [4.78, 5) is 48.7. The van der Waals surface area contributed by atoms with Crippen molar-refractivity contribution in [3.8, 4) is 0 Å². The van der Waals surface area contributed by atoms with Crippen LogP contribution >= 0.6 is 0 Å². The monoisotopic (exact) mass is 407 g/mol. The molecule has 1 aromatic rings. The molecule has 9 heteroatoms. The predicted molar refractivity (Wildman–Crippen MR) is 106 cm³/mol. The number of amides is 3. The largest absolute Gasteiger partial charge is 0.468 e. The highest BCUT2D eigenvalue weighted by Crippen LogP contribution is 2.01. The van der Waals surface area contributed by atoms with Crippen LogP contribution in [0.4, 0.5) is 4.79 Å². The Bertz CT molecular complexity index is 665. The molecular formula is C20H29N3O6. The number of alkyl carbamates (subject to hydrolysis) is 1. The molecule has 0 atom stereocenters. The summed E-state index contributed by atoms with van der Waals surface area (Å²) in [5.41, 5.74) is 0.831. The second kappa shape index (κ2) is 14.0. The van der Waals surface area contributed by atoms with Gasteiger partial charge in [0.05, 0.1) is 13.7 Å². The van der Waals surface area contributed by atoms with Crippen molar-refractivity contribution in [3.63, 3.8) is 0 Å². The molecule has 0 aliphatic heterocycles. The number of esters is 1. The number of nitrogens with one attached hydrogen (secondary N) is 2. The lowest BCUT2D eigenvalue weighted by atomic mass is 10.2. The molecule has 1 aromatic carbocycles. The molecule has 0 aliphatic carbocycles. The molecule has 160 valence electrons. The fourth-order valence-corrected chi connectivity index (χ4v) is 2.35. The molecule has 3 amide bonds. The summed E-state index contributed by atoms with van der Waals surface area (Å²) in [6, 6.07) is 9.16. The summed E-state index contributed by atoms with van der Waals surface area (Å²) in [5.74, 6) is -1.47. The molecular weight excluding hydrogens is 378 g/mol. The van der Waals surface area contributed by atoms with Crippen molar-refractivity contribution in [2.24, 2.45) is 0 Å². The average molecular weight is 407 g/mol.